The van der Waals surface area contributed by atoms with E-state index in [0.717, 1.165) is 16.9 Å². The molecule has 0 unspecified atom stereocenters. The van der Waals surface area contributed by atoms with Crippen LogP contribution >= 0.6 is 0 Å². The second-order valence-corrected chi connectivity index (χ2v) is 6.45. The lowest BCUT2D eigenvalue weighted by molar-refractivity contribution is -0.116. The Bertz CT molecular complexity index is 951. The quantitative estimate of drug-likeness (QED) is 0.577. The molecule has 0 radical (unpaired) electrons. The summed E-state index contributed by atoms with van der Waals surface area (Å²) in [6, 6.07) is 13.1. The first-order valence-electron chi connectivity index (χ1n) is 9.68. The minimum atomic E-state index is -0.143. The molecule has 2 aromatic carbocycles. The Morgan fingerprint density at radius 2 is 1.83 bits per heavy atom. The van der Waals surface area contributed by atoms with Crippen LogP contribution in [0.2, 0.25) is 0 Å². The van der Waals surface area contributed by atoms with Crippen molar-refractivity contribution in [2.45, 2.75) is 33.6 Å². The van der Waals surface area contributed by atoms with E-state index in [4.69, 9.17) is 14.0 Å². The molecule has 0 aliphatic heterocycles. The van der Waals surface area contributed by atoms with Crippen molar-refractivity contribution in [3.05, 3.63) is 53.9 Å². The van der Waals surface area contributed by atoms with E-state index in [0.29, 0.717) is 42.8 Å². The van der Waals surface area contributed by atoms with Gasteiger partial charge in [-0.05, 0) is 62.7 Å². The maximum absolute atomic E-state index is 12.3. The summed E-state index contributed by atoms with van der Waals surface area (Å²) >= 11 is 0. The van der Waals surface area contributed by atoms with Gasteiger partial charge in [0.15, 0.2) is 0 Å². The van der Waals surface area contributed by atoms with Crippen LogP contribution in [-0.4, -0.2) is 29.3 Å². The molecule has 0 saturated carbocycles. The highest BCUT2D eigenvalue weighted by molar-refractivity contribution is 5.92. The van der Waals surface area contributed by atoms with Crippen molar-refractivity contribution in [2.75, 3.05) is 18.5 Å². The van der Waals surface area contributed by atoms with E-state index in [-0.39, 0.29) is 12.3 Å². The molecule has 1 N–H and O–H groups in total. The lowest BCUT2D eigenvalue weighted by Gasteiger charge is -2.12. The molecule has 7 heteroatoms. The summed E-state index contributed by atoms with van der Waals surface area (Å²) in [6.45, 7) is 6.97. The van der Waals surface area contributed by atoms with Crippen LogP contribution in [0.5, 0.6) is 11.5 Å². The smallest absolute Gasteiger partial charge is 0.227 e. The number of carbonyl (C=O) groups excluding carboxylic acids is 1. The first-order chi connectivity index (χ1) is 14.1. The summed E-state index contributed by atoms with van der Waals surface area (Å²) in [5.74, 6) is 2.21. The summed E-state index contributed by atoms with van der Waals surface area (Å²) in [4.78, 5) is 16.7. The van der Waals surface area contributed by atoms with Gasteiger partial charge in [0.05, 0.1) is 18.9 Å². The second-order valence-electron chi connectivity index (χ2n) is 6.45. The van der Waals surface area contributed by atoms with E-state index in [1.165, 1.54) is 0 Å². The van der Waals surface area contributed by atoms with Crippen molar-refractivity contribution in [1.82, 2.24) is 10.1 Å². The molecular weight excluding hydrogens is 370 g/mol. The number of nitrogens with one attached hydrogen (secondary N) is 1. The number of benzene rings is 2. The van der Waals surface area contributed by atoms with Crippen molar-refractivity contribution in [2.24, 2.45) is 0 Å². The monoisotopic (exact) mass is 395 g/mol. The van der Waals surface area contributed by atoms with Crippen molar-refractivity contribution < 1.29 is 18.8 Å². The molecule has 3 aromatic rings. The number of carbonyl (C=O) groups is 1. The highest BCUT2D eigenvalue weighted by atomic mass is 16.5. The predicted octanol–water partition coefficient (Wildman–Crippen LogP) is 4.41. The fourth-order valence-electron chi connectivity index (χ4n) is 2.78. The average Bonchev–Trinajstić information content (AvgIpc) is 3.19. The van der Waals surface area contributed by atoms with Crippen molar-refractivity contribution in [3.63, 3.8) is 0 Å². The fraction of sp³-hybridized carbons (Fsp3) is 0.318. The standard InChI is InChI=1S/C22H25N3O4/c1-4-27-17-9-7-16(8-10-17)22-24-21(29-25-22)13-12-20(26)23-18-11-6-15(3)14-19(18)28-5-2/h6-11,14H,4-5,12-13H2,1-3H3,(H,23,26). The Morgan fingerprint density at radius 3 is 2.55 bits per heavy atom. The number of ether oxygens (including phenoxy) is 2. The van der Waals surface area contributed by atoms with Gasteiger partial charge < -0.3 is 19.3 Å². The molecule has 7 nitrogen and oxygen atoms in total. The molecule has 0 aliphatic carbocycles. The Labute approximate surface area is 170 Å². The van der Waals surface area contributed by atoms with E-state index in [2.05, 4.69) is 15.5 Å². The number of rotatable bonds is 9. The van der Waals surface area contributed by atoms with Gasteiger partial charge in [-0.3, -0.25) is 4.79 Å². The number of aryl methyl sites for hydroxylation is 2. The minimum absolute atomic E-state index is 0.143. The van der Waals surface area contributed by atoms with Gasteiger partial charge in [-0.25, -0.2) is 0 Å². The molecule has 0 saturated heterocycles. The predicted molar refractivity (Wildman–Crippen MR) is 110 cm³/mol. The maximum atomic E-state index is 12.3. The van der Waals surface area contributed by atoms with Crippen LogP contribution in [0.15, 0.2) is 47.0 Å². The molecule has 0 spiro atoms. The summed E-state index contributed by atoms with van der Waals surface area (Å²) in [5.41, 5.74) is 2.55. The van der Waals surface area contributed by atoms with Gasteiger partial charge in [-0.15, -0.1) is 0 Å². The highest BCUT2D eigenvalue weighted by Crippen LogP contribution is 2.26. The van der Waals surface area contributed by atoms with E-state index in [9.17, 15) is 4.79 Å². The Morgan fingerprint density at radius 1 is 1.07 bits per heavy atom. The van der Waals surface area contributed by atoms with E-state index in [1.54, 1.807) is 0 Å². The molecule has 0 fully saturated rings. The molecule has 3 rings (SSSR count). The van der Waals surface area contributed by atoms with Gasteiger partial charge >= 0.3 is 0 Å². The average molecular weight is 395 g/mol. The molecule has 0 aliphatic rings. The first kappa shape index (κ1) is 20.4. The summed E-state index contributed by atoms with van der Waals surface area (Å²) in [7, 11) is 0. The number of hydrogen-bond acceptors (Lipinski definition) is 6. The zero-order chi connectivity index (χ0) is 20.6. The largest absolute Gasteiger partial charge is 0.494 e. The number of aromatic nitrogens is 2. The van der Waals surface area contributed by atoms with Crippen LogP contribution in [0.3, 0.4) is 0 Å². The number of nitrogens with zero attached hydrogens (tertiary/aromatic N) is 2. The van der Waals surface area contributed by atoms with Gasteiger partial charge in [0.1, 0.15) is 11.5 Å². The van der Waals surface area contributed by atoms with E-state index >= 15 is 0 Å². The van der Waals surface area contributed by atoms with Gasteiger partial charge in [-0.1, -0.05) is 11.2 Å². The lowest BCUT2D eigenvalue weighted by atomic mass is 10.2. The van der Waals surface area contributed by atoms with Crippen LogP contribution in [0.1, 0.15) is 31.7 Å². The molecule has 1 amide bonds. The summed E-state index contributed by atoms with van der Waals surface area (Å²) < 4.78 is 16.3. The van der Waals surface area contributed by atoms with Gasteiger partial charge in [0.2, 0.25) is 17.6 Å². The van der Waals surface area contributed by atoms with E-state index in [1.807, 2.05) is 63.2 Å². The van der Waals surface area contributed by atoms with Crippen molar-refractivity contribution in [1.29, 1.82) is 0 Å². The number of amides is 1. The van der Waals surface area contributed by atoms with Gasteiger partial charge in [-0.2, -0.15) is 4.98 Å². The highest BCUT2D eigenvalue weighted by Gasteiger charge is 2.13. The van der Waals surface area contributed by atoms with E-state index < -0.39 is 0 Å². The SMILES string of the molecule is CCOc1ccc(-c2noc(CCC(=O)Nc3ccc(C)cc3OCC)n2)cc1. The molecule has 29 heavy (non-hydrogen) atoms. The number of anilines is 1. The molecule has 0 bridgehead atoms. The van der Waals surface area contributed by atoms with Gasteiger partial charge in [0.25, 0.3) is 0 Å². The van der Waals surface area contributed by atoms with Crippen LogP contribution in [0.25, 0.3) is 11.4 Å². The molecule has 1 aromatic heterocycles. The molecular formula is C22H25N3O4. The van der Waals surface area contributed by atoms with Gasteiger partial charge in [0, 0.05) is 18.4 Å². The zero-order valence-electron chi connectivity index (χ0n) is 16.9. The van der Waals surface area contributed by atoms with Crippen LogP contribution in [0, 0.1) is 6.92 Å². The van der Waals surface area contributed by atoms with Crippen molar-refractivity contribution >= 4 is 11.6 Å². The summed E-state index contributed by atoms with van der Waals surface area (Å²) in [6.07, 6.45) is 0.579. The Kier molecular flexibility index (Phi) is 6.84. The topological polar surface area (TPSA) is 86.5 Å². The number of hydrogen-bond donors (Lipinski definition) is 1. The normalized spacial score (nSPS) is 10.6. The third-order valence-corrected chi connectivity index (χ3v) is 4.17. The van der Waals surface area contributed by atoms with Crippen LogP contribution in [-0.2, 0) is 11.2 Å². The van der Waals surface area contributed by atoms with Crippen molar-refractivity contribution in [3.8, 4) is 22.9 Å². The summed E-state index contributed by atoms with van der Waals surface area (Å²) in [5, 5.41) is 6.88. The fourth-order valence-corrected chi connectivity index (χ4v) is 2.78. The molecule has 1 heterocycles. The molecule has 152 valence electrons. The van der Waals surface area contributed by atoms with Crippen LogP contribution in [0.4, 0.5) is 5.69 Å². The Hall–Kier alpha value is -3.35. The molecule has 0 atom stereocenters. The Balaban J connectivity index is 1.57. The third kappa shape index (κ3) is 5.57. The first-order valence-corrected chi connectivity index (χ1v) is 9.68. The maximum Gasteiger partial charge on any atom is 0.227 e. The lowest BCUT2D eigenvalue weighted by Crippen LogP contribution is -2.13. The minimum Gasteiger partial charge on any atom is -0.494 e. The second kappa shape index (κ2) is 9.73. The third-order valence-electron chi connectivity index (χ3n) is 4.17. The van der Waals surface area contributed by atoms with Crippen LogP contribution < -0.4 is 14.8 Å². The zero-order valence-corrected chi connectivity index (χ0v) is 16.9.